The van der Waals surface area contributed by atoms with Crippen molar-refractivity contribution in [3.8, 4) is 0 Å². The Kier molecular flexibility index (Phi) is 3.12. The lowest BCUT2D eigenvalue weighted by Gasteiger charge is -2.16. The molecule has 1 aromatic carbocycles. The summed E-state index contributed by atoms with van der Waals surface area (Å²) >= 11 is 0. The summed E-state index contributed by atoms with van der Waals surface area (Å²) in [6.07, 6.45) is 1.11. The first-order chi connectivity index (χ1) is 9.61. The standard InChI is InChI=1S/C15H17NO4/c17-13(18)12-8-15(12)6-7-16(10-15)14(19)20-9-11-4-2-1-3-5-11/h1-5,12H,6-10H2,(H,17,18)/t12-,15+/m1/s1. The van der Waals surface area contributed by atoms with Crippen LogP contribution in [0.1, 0.15) is 18.4 Å². The molecule has 0 radical (unpaired) electrons. The van der Waals surface area contributed by atoms with Gasteiger partial charge >= 0.3 is 12.1 Å². The van der Waals surface area contributed by atoms with Crippen LogP contribution in [0.3, 0.4) is 0 Å². The van der Waals surface area contributed by atoms with Crippen LogP contribution in [-0.4, -0.2) is 35.2 Å². The molecule has 20 heavy (non-hydrogen) atoms. The van der Waals surface area contributed by atoms with E-state index in [-0.39, 0.29) is 24.0 Å². The van der Waals surface area contributed by atoms with Gasteiger partial charge in [-0.1, -0.05) is 30.3 Å². The maximum atomic E-state index is 12.0. The van der Waals surface area contributed by atoms with Crippen LogP contribution in [0.4, 0.5) is 4.79 Å². The number of carbonyl (C=O) groups is 2. The highest BCUT2D eigenvalue weighted by atomic mass is 16.6. The monoisotopic (exact) mass is 275 g/mol. The van der Waals surface area contributed by atoms with Crippen LogP contribution in [0.2, 0.25) is 0 Å². The molecule has 0 bridgehead atoms. The minimum Gasteiger partial charge on any atom is -0.481 e. The number of carboxylic acid groups (broad SMARTS) is 1. The van der Waals surface area contributed by atoms with E-state index in [0.717, 1.165) is 12.0 Å². The number of amides is 1. The fourth-order valence-corrected chi connectivity index (χ4v) is 3.01. The van der Waals surface area contributed by atoms with Gasteiger partial charge in [0, 0.05) is 18.5 Å². The molecule has 1 amide bonds. The van der Waals surface area contributed by atoms with Crippen molar-refractivity contribution in [2.75, 3.05) is 13.1 Å². The van der Waals surface area contributed by atoms with Crippen molar-refractivity contribution >= 4 is 12.1 Å². The number of hydrogen-bond acceptors (Lipinski definition) is 3. The number of likely N-dealkylation sites (tertiary alicyclic amines) is 1. The summed E-state index contributed by atoms with van der Waals surface area (Å²) in [5, 5.41) is 9.02. The quantitative estimate of drug-likeness (QED) is 0.917. The van der Waals surface area contributed by atoms with Crippen LogP contribution < -0.4 is 0 Å². The van der Waals surface area contributed by atoms with Gasteiger partial charge in [0.25, 0.3) is 0 Å². The van der Waals surface area contributed by atoms with Crippen LogP contribution in [-0.2, 0) is 16.1 Å². The van der Waals surface area contributed by atoms with Gasteiger partial charge in [-0.25, -0.2) is 4.79 Å². The Balaban J connectivity index is 1.51. The lowest BCUT2D eigenvalue weighted by atomic mass is 10.0. The summed E-state index contributed by atoms with van der Waals surface area (Å²) in [6, 6.07) is 9.51. The average Bonchev–Trinajstić information content (AvgIpc) is 2.99. The number of hydrogen-bond donors (Lipinski definition) is 1. The normalized spacial score (nSPS) is 27.6. The van der Waals surface area contributed by atoms with Crippen LogP contribution >= 0.6 is 0 Å². The zero-order valence-electron chi connectivity index (χ0n) is 11.1. The van der Waals surface area contributed by atoms with Crippen molar-refractivity contribution in [3.05, 3.63) is 35.9 Å². The number of rotatable bonds is 3. The van der Waals surface area contributed by atoms with E-state index in [9.17, 15) is 9.59 Å². The highest BCUT2D eigenvalue weighted by Gasteiger charge is 2.61. The molecule has 2 fully saturated rings. The molecular weight excluding hydrogens is 258 g/mol. The first-order valence-electron chi connectivity index (χ1n) is 6.79. The van der Waals surface area contributed by atoms with Gasteiger partial charge in [0.05, 0.1) is 5.92 Å². The number of ether oxygens (including phenoxy) is 1. The van der Waals surface area contributed by atoms with E-state index in [1.54, 1.807) is 4.90 Å². The Hall–Kier alpha value is -2.04. The van der Waals surface area contributed by atoms with Gasteiger partial charge in [0.15, 0.2) is 0 Å². The Labute approximate surface area is 117 Å². The molecule has 0 aromatic heterocycles. The molecule has 1 aliphatic heterocycles. The van der Waals surface area contributed by atoms with Gasteiger partial charge in [-0.2, -0.15) is 0 Å². The number of benzene rings is 1. The molecule has 1 N–H and O–H groups in total. The minimum atomic E-state index is -0.746. The van der Waals surface area contributed by atoms with Crippen LogP contribution in [0.15, 0.2) is 30.3 Å². The van der Waals surface area contributed by atoms with Gasteiger partial charge < -0.3 is 14.7 Å². The van der Waals surface area contributed by atoms with Gasteiger partial charge in [0.2, 0.25) is 0 Å². The molecule has 1 saturated carbocycles. The Morgan fingerprint density at radius 1 is 1.35 bits per heavy atom. The Bertz CT molecular complexity index is 530. The molecule has 1 spiro atoms. The molecule has 5 heteroatoms. The first kappa shape index (κ1) is 13.0. The number of aliphatic carboxylic acids is 1. The van der Waals surface area contributed by atoms with Gasteiger partial charge in [-0.3, -0.25) is 4.79 Å². The summed E-state index contributed by atoms with van der Waals surface area (Å²) in [6.45, 7) is 1.36. The third-order valence-electron chi connectivity index (χ3n) is 4.34. The third-order valence-corrected chi connectivity index (χ3v) is 4.34. The molecular formula is C15H17NO4. The fourth-order valence-electron chi connectivity index (χ4n) is 3.01. The van der Waals surface area contributed by atoms with Crippen LogP contribution in [0.5, 0.6) is 0 Å². The van der Waals surface area contributed by atoms with Crippen molar-refractivity contribution in [2.45, 2.75) is 19.4 Å². The highest BCUT2D eigenvalue weighted by Crippen LogP contribution is 2.58. The zero-order valence-corrected chi connectivity index (χ0v) is 11.1. The second kappa shape index (κ2) is 4.81. The van der Waals surface area contributed by atoms with Crippen molar-refractivity contribution in [1.82, 2.24) is 4.90 Å². The molecule has 5 nitrogen and oxygen atoms in total. The summed E-state index contributed by atoms with van der Waals surface area (Å²) in [5.74, 6) is -1.03. The van der Waals surface area contributed by atoms with E-state index in [4.69, 9.17) is 9.84 Å². The smallest absolute Gasteiger partial charge is 0.410 e. The molecule has 2 atom stereocenters. The number of nitrogens with zero attached hydrogens (tertiary/aromatic N) is 1. The second-order valence-electron chi connectivity index (χ2n) is 5.67. The van der Waals surface area contributed by atoms with Crippen molar-refractivity contribution in [2.24, 2.45) is 11.3 Å². The van der Waals surface area contributed by atoms with Crippen molar-refractivity contribution in [3.63, 3.8) is 0 Å². The van der Waals surface area contributed by atoms with E-state index in [1.807, 2.05) is 30.3 Å². The minimum absolute atomic E-state index is 0.183. The molecule has 1 saturated heterocycles. The van der Waals surface area contributed by atoms with E-state index in [1.165, 1.54) is 0 Å². The molecule has 106 valence electrons. The van der Waals surface area contributed by atoms with Crippen LogP contribution in [0, 0.1) is 11.3 Å². The predicted octanol–water partition coefficient (Wildman–Crippen LogP) is 2.12. The third kappa shape index (κ3) is 2.35. The highest BCUT2D eigenvalue weighted by molar-refractivity contribution is 5.76. The van der Waals surface area contributed by atoms with E-state index >= 15 is 0 Å². The number of carbonyl (C=O) groups excluding carboxylic acids is 1. The van der Waals surface area contributed by atoms with Crippen LogP contribution in [0.25, 0.3) is 0 Å². The molecule has 1 aromatic rings. The zero-order chi connectivity index (χ0) is 14.2. The summed E-state index contributed by atoms with van der Waals surface area (Å²) in [7, 11) is 0. The van der Waals surface area contributed by atoms with Crippen molar-refractivity contribution in [1.29, 1.82) is 0 Å². The van der Waals surface area contributed by atoms with Gasteiger partial charge in [-0.05, 0) is 18.4 Å². The second-order valence-corrected chi connectivity index (χ2v) is 5.67. The number of carboxylic acids is 1. The Morgan fingerprint density at radius 3 is 2.75 bits per heavy atom. The summed E-state index contributed by atoms with van der Waals surface area (Å²) < 4.78 is 5.27. The SMILES string of the molecule is O=C(O)[C@H]1C[C@]12CCN(C(=O)OCc1ccccc1)C2. The van der Waals surface area contributed by atoms with Crippen molar-refractivity contribution < 1.29 is 19.4 Å². The largest absolute Gasteiger partial charge is 0.481 e. The lowest BCUT2D eigenvalue weighted by Crippen LogP contribution is -2.30. The fraction of sp³-hybridized carbons (Fsp3) is 0.467. The molecule has 1 aliphatic carbocycles. The molecule has 1 heterocycles. The van der Waals surface area contributed by atoms with Gasteiger partial charge in [-0.15, -0.1) is 0 Å². The van der Waals surface area contributed by atoms with E-state index in [2.05, 4.69) is 0 Å². The maximum absolute atomic E-state index is 12.0. The lowest BCUT2D eigenvalue weighted by molar-refractivity contribution is -0.139. The molecule has 2 aliphatic rings. The first-order valence-corrected chi connectivity index (χ1v) is 6.79. The predicted molar refractivity (Wildman–Crippen MR) is 71.0 cm³/mol. The Morgan fingerprint density at radius 2 is 2.10 bits per heavy atom. The summed E-state index contributed by atoms with van der Waals surface area (Å²) in [4.78, 5) is 24.6. The molecule has 0 unspecified atom stereocenters. The maximum Gasteiger partial charge on any atom is 0.410 e. The average molecular weight is 275 g/mol. The van der Waals surface area contributed by atoms with Gasteiger partial charge in [0.1, 0.15) is 6.61 Å². The summed E-state index contributed by atoms with van der Waals surface area (Å²) in [5.41, 5.74) is 0.766. The molecule has 3 rings (SSSR count). The topological polar surface area (TPSA) is 66.8 Å². The van der Waals surface area contributed by atoms with E-state index in [0.29, 0.717) is 19.5 Å². The van der Waals surface area contributed by atoms with E-state index < -0.39 is 5.97 Å².